The van der Waals surface area contributed by atoms with Crippen molar-refractivity contribution in [2.24, 2.45) is 51.8 Å². The van der Waals surface area contributed by atoms with Crippen LogP contribution in [0.5, 0.6) is 0 Å². The standard InChI is InChI=1S/C39H68N2O11/c1-11-14-15-16-17-18-20-41-32(43)26(23-38(7,8)28(34(46)47)25(4)31(42)40-21-19-22-52-13-3)29(35(48)49)39(9,10)24-27(33(44)45)30(36(50)51)37(5,6)12-2/h13,25-30H,3,11-12,14-24H2,1-2,4-10H3,(H,40,42)(H,41,43)(H,44,45)(H,46,47)(H,48,49)(H,50,51)/p-3. The maximum absolute atomic E-state index is 14.1. The van der Waals surface area contributed by atoms with E-state index < -0.39 is 93.9 Å². The number of aliphatic carboxylic acids is 4. The molecule has 0 aromatic heterocycles. The van der Waals surface area contributed by atoms with Crippen LogP contribution in [0, 0.1) is 51.8 Å². The summed E-state index contributed by atoms with van der Waals surface area (Å²) in [5.74, 6) is -16.5. The Morgan fingerprint density at radius 3 is 1.60 bits per heavy atom. The highest BCUT2D eigenvalue weighted by Gasteiger charge is 2.49. The van der Waals surface area contributed by atoms with Crippen LogP contribution in [0.15, 0.2) is 12.8 Å². The number of carbonyl (C=O) groups excluding carboxylic acids is 5. The zero-order chi connectivity index (χ0) is 40.4. The fourth-order valence-electron chi connectivity index (χ4n) is 7.58. The van der Waals surface area contributed by atoms with Gasteiger partial charge in [0.2, 0.25) is 11.8 Å². The van der Waals surface area contributed by atoms with Crippen LogP contribution in [0.4, 0.5) is 0 Å². The molecule has 0 radical (unpaired) electrons. The summed E-state index contributed by atoms with van der Waals surface area (Å²) < 4.78 is 5.04. The van der Waals surface area contributed by atoms with Crippen molar-refractivity contribution in [2.45, 2.75) is 127 Å². The smallest absolute Gasteiger partial charge is 0.307 e. The first-order valence-electron chi connectivity index (χ1n) is 18.7. The van der Waals surface area contributed by atoms with Gasteiger partial charge in [-0.05, 0) is 41.9 Å². The van der Waals surface area contributed by atoms with Gasteiger partial charge in [0, 0.05) is 60.6 Å². The first-order chi connectivity index (χ1) is 24.0. The van der Waals surface area contributed by atoms with Gasteiger partial charge in [-0.25, -0.2) is 0 Å². The fraction of sp³-hybridized carbons (Fsp3) is 0.795. The van der Waals surface area contributed by atoms with E-state index in [0.717, 1.165) is 32.1 Å². The van der Waals surface area contributed by atoms with Gasteiger partial charge >= 0.3 is 5.97 Å². The van der Waals surface area contributed by atoms with E-state index in [1.165, 1.54) is 40.9 Å². The van der Waals surface area contributed by atoms with Crippen LogP contribution in [0.1, 0.15) is 127 Å². The van der Waals surface area contributed by atoms with Gasteiger partial charge in [0.1, 0.15) is 0 Å². The molecule has 6 atom stereocenters. The molecule has 300 valence electrons. The van der Waals surface area contributed by atoms with E-state index in [4.69, 9.17) is 4.74 Å². The molecule has 0 aliphatic heterocycles. The number of hydrogen-bond acceptors (Lipinski definition) is 10. The maximum Gasteiger partial charge on any atom is 0.307 e. The number of nitrogens with one attached hydrogen (secondary N) is 2. The van der Waals surface area contributed by atoms with Gasteiger partial charge in [0.25, 0.3) is 0 Å². The van der Waals surface area contributed by atoms with Crippen LogP contribution in [0.3, 0.4) is 0 Å². The van der Waals surface area contributed by atoms with Gasteiger partial charge in [-0.3, -0.25) is 14.4 Å². The van der Waals surface area contributed by atoms with Gasteiger partial charge in [-0.1, -0.05) is 107 Å². The molecule has 52 heavy (non-hydrogen) atoms. The summed E-state index contributed by atoms with van der Waals surface area (Å²) in [6, 6.07) is 0. The molecule has 13 heteroatoms. The first kappa shape index (κ1) is 48.4. The molecular weight excluding hydrogens is 672 g/mol. The summed E-state index contributed by atoms with van der Waals surface area (Å²) in [5.41, 5.74) is -4.02. The van der Waals surface area contributed by atoms with Crippen molar-refractivity contribution < 1.29 is 53.9 Å². The Bertz CT molecular complexity index is 1200. The molecule has 0 saturated heterocycles. The Morgan fingerprint density at radius 2 is 1.12 bits per heavy atom. The lowest BCUT2D eigenvalue weighted by molar-refractivity contribution is -0.319. The largest absolute Gasteiger partial charge is 0.550 e. The highest BCUT2D eigenvalue weighted by atomic mass is 16.5. The van der Waals surface area contributed by atoms with Crippen molar-refractivity contribution in [1.29, 1.82) is 0 Å². The average molecular weight is 738 g/mol. The topological polar surface area (TPSA) is 225 Å². The zero-order valence-electron chi connectivity index (χ0n) is 33.0. The van der Waals surface area contributed by atoms with Crippen LogP contribution in [-0.2, 0) is 33.5 Å². The van der Waals surface area contributed by atoms with E-state index in [1.807, 2.05) is 0 Å². The van der Waals surface area contributed by atoms with E-state index in [9.17, 15) is 49.2 Å². The Kier molecular flexibility index (Phi) is 20.9. The SMILES string of the molecule is C=COCCCNC(=O)C(C)C(C(=O)[O-])C(C)(C)CC(C(=O)NCCCCCCCC)C(C(=O)[O-])C(C)(C)CC(C(=O)O)C(C(=O)[O-])C(C)(C)CC. The Balaban J connectivity index is 6.89. The average Bonchev–Trinajstić information content (AvgIpc) is 3.02. The molecule has 0 aliphatic carbocycles. The molecule has 0 heterocycles. The number of amides is 2. The van der Waals surface area contributed by atoms with Crippen LogP contribution in [-0.4, -0.2) is 60.5 Å². The predicted octanol–water partition coefficient (Wildman–Crippen LogP) is 2.45. The minimum atomic E-state index is -1.69. The maximum atomic E-state index is 14.1. The molecule has 6 unspecified atom stereocenters. The van der Waals surface area contributed by atoms with E-state index in [1.54, 1.807) is 20.8 Å². The number of ether oxygens (including phenoxy) is 1. The lowest BCUT2D eigenvalue weighted by atomic mass is 9.59. The van der Waals surface area contributed by atoms with E-state index >= 15 is 0 Å². The van der Waals surface area contributed by atoms with E-state index in [2.05, 4.69) is 24.1 Å². The monoisotopic (exact) mass is 737 g/mol. The summed E-state index contributed by atoms with van der Waals surface area (Å²) in [6.45, 7) is 18.5. The molecule has 0 saturated carbocycles. The Hall–Kier alpha value is -3.64. The Morgan fingerprint density at radius 1 is 0.673 bits per heavy atom. The van der Waals surface area contributed by atoms with Crippen molar-refractivity contribution in [3.63, 3.8) is 0 Å². The number of rotatable bonds is 29. The van der Waals surface area contributed by atoms with Crippen molar-refractivity contribution in [2.75, 3.05) is 19.7 Å². The molecule has 0 aliphatic rings. The van der Waals surface area contributed by atoms with Gasteiger partial charge < -0.3 is 50.2 Å². The summed E-state index contributed by atoms with van der Waals surface area (Å²) in [5, 5.41) is 54.0. The number of carboxylic acid groups (broad SMARTS) is 4. The van der Waals surface area contributed by atoms with Gasteiger partial charge in [0.05, 0.1) is 18.8 Å². The minimum Gasteiger partial charge on any atom is -0.550 e. The van der Waals surface area contributed by atoms with E-state index in [0.29, 0.717) is 12.8 Å². The van der Waals surface area contributed by atoms with Crippen molar-refractivity contribution in [1.82, 2.24) is 10.6 Å². The molecule has 0 fully saturated rings. The molecule has 0 rings (SSSR count). The van der Waals surface area contributed by atoms with Gasteiger partial charge in [-0.15, -0.1) is 0 Å². The summed E-state index contributed by atoms with van der Waals surface area (Å²) >= 11 is 0. The second-order valence-corrected chi connectivity index (χ2v) is 16.2. The number of carboxylic acids is 4. The molecule has 2 amide bonds. The molecule has 0 aromatic carbocycles. The molecule has 13 nitrogen and oxygen atoms in total. The van der Waals surface area contributed by atoms with Crippen molar-refractivity contribution in [3.8, 4) is 0 Å². The molecular formula is C39H65N2O11-3. The van der Waals surface area contributed by atoms with Crippen LogP contribution < -0.4 is 26.0 Å². The quantitative estimate of drug-likeness (QED) is 0.0747. The van der Waals surface area contributed by atoms with Gasteiger partial charge in [0.15, 0.2) is 0 Å². The number of carbonyl (C=O) groups is 6. The molecule has 3 N–H and O–H groups in total. The number of unbranched alkanes of at least 4 members (excludes halogenated alkanes) is 5. The minimum absolute atomic E-state index is 0.189. The third-order valence-corrected chi connectivity index (χ3v) is 10.7. The first-order valence-corrected chi connectivity index (χ1v) is 18.7. The second kappa shape index (κ2) is 22.4. The molecule has 0 spiro atoms. The van der Waals surface area contributed by atoms with Crippen LogP contribution >= 0.6 is 0 Å². The highest BCUT2D eigenvalue weighted by molar-refractivity contribution is 5.86. The van der Waals surface area contributed by atoms with Gasteiger partial charge in [-0.2, -0.15) is 0 Å². The zero-order valence-corrected chi connectivity index (χ0v) is 33.0. The normalized spacial score (nSPS) is 15.6. The predicted molar refractivity (Wildman–Crippen MR) is 190 cm³/mol. The van der Waals surface area contributed by atoms with Crippen molar-refractivity contribution >= 4 is 35.7 Å². The van der Waals surface area contributed by atoms with Crippen molar-refractivity contribution in [3.05, 3.63) is 12.8 Å². The van der Waals surface area contributed by atoms with E-state index in [-0.39, 0.29) is 32.5 Å². The second-order valence-electron chi connectivity index (χ2n) is 16.2. The van der Waals surface area contributed by atoms with Crippen LogP contribution in [0.25, 0.3) is 0 Å². The Labute approximate surface area is 310 Å². The number of hydrogen-bond donors (Lipinski definition) is 3. The summed E-state index contributed by atoms with van der Waals surface area (Å²) in [6.07, 6.45) is 6.72. The summed E-state index contributed by atoms with van der Waals surface area (Å²) in [4.78, 5) is 78.0. The molecule has 0 aromatic rings. The third-order valence-electron chi connectivity index (χ3n) is 10.7. The summed E-state index contributed by atoms with van der Waals surface area (Å²) in [7, 11) is 0. The fourth-order valence-corrected chi connectivity index (χ4v) is 7.58. The lowest BCUT2D eigenvalue weighted by Crippen LogP contribution is -2.55. The van der Waals surface area contributed by atoms with Crippen LogP contribution in [0.2, 0.25) is 0 Å². The highest BCUT2D eigenvalue weighted by Crippen LogP contribution is 2.48. The lowest BCUT2D eigenvalue weighted by Gasteiger charge is -2.47. The third kappa shape index (κ3) is 15.1. The molecule has 0 bridgehead atoms.